The van der Waals surface area contributed by atoms with Gasteiger partial charge in [-0.05, 0) is 32.6 Å². The predicted molar refractivity (Wildman–Crippen MR) is 122 cm³/mol. The topological polar surface area (TPSA) is 34.2 Å². The SMILES string of the molecule is CCN(CC)C([SiH2]CCCCCCCC[Si](OC)(OC)OC)N(CC)CC. The fraction of sp³-hybridized carbons (Fsp3) is 1.00. The molecule has 7 heteroatoms. The van der Waals surface area contributed by atoms with Gasteiger partial charge in [0.1, 0.15) is 0 Å². The molecule has 0 atom stereocenters. The number of unbranched alkanes of at least 4 members (excludes halogenated alkanes) is 5. The van der Waals surface area contributed by atoms with E-state index in [-0.39, 0.29) is 9.52 Å². The van der Waals surface area contributed by atoms with Gasteiger partial charge >= 0.3 is 8.80 Å². The molecule has 0 heterocycles. The molecule has 0 radical (unpaired) electrons. The van der Waals surface area contributed by atoms with Gasteiger partial charge in [-0.3, -0.25) is 9.80 Å². The summed E-state index contributed by atoms with van der Waals surface area (Å²) in [6.45, 7) is 14.0. The molecule has 0 unspecified atom stereocenters. The number of rotatable bonds is 19. The van der Waals surface area contributed by atoms with E-state index in [9.17, 15) is 0 Å². The smallest absolute Gasteiger partial charge is 0.377 e. The summed E-state index contributed by atoms with van der Waals surface area (Å²) in [6, 6.07) is 2.41. The van der Waals surface area contributed by atoms with Crippen molar-refractivity contribution in [2.24, 2.45) is 0 Å². The third-order valence-corrected chi connectivity index (χ3v) is 11.1. The number of nitrogens with zero attached hydrogens (tertiary/aromatic N) is 2. The molecule has 0 aliphatic carbocycles. The van der Waals surface area contributed by atoms with Crippen LogP contribution in [-0.2, 0) is 13.3 Å². The van der Waals surface area contributed by atoms with E-state index in [0.717, 1.165) is 18.3 Å². The average Bonchev–Trinajstić information content (AvgIpc) is 2.71. The third kappa shape index (κ3) is 10.5. The van der Waals surface area contributed by atoms with Crippen LogP contribution in [0.15, 0.2) is 0 Å². The number of hydrogen-bond donors (Lipinski definition) is 0. The van der Waals surface area contributed by atoms with Gasteiger partial charge in [0, 0.05) is 33.2 Å². The highest BCUT2D eigenvalue weighted by atomic mass is 28.4. The summed E-state index contributed by atoms with van der Waals surface area (Å²) < 4.78 is 16.5. The van der Waals surface area contributed by atoms with Gasteiger partial charge < -0.3 is 13.3 Å². The van der Waals surface area contributed by atoms with Crippen LogP contribution in [0.5, 0.6) is 0 Å². The van der Waals surface area contributed by atoms with E-state index in [1.165, 1.54) is 64.3 Å². The maximum absolute atomic E-state index is 5.48. The molecule has 0 aromatic carbocycles. The molecule has 0 amide bonds. The van der Waals surface area contributed by atoms with Gasteiger partial charge in [-0.2, -0.15) is 0 Å². The molecule has 0 aromatic heterocycles. The molecular formula is C20H48N2O3Si2. The summed E-state index contributed by atoms with van der Waals surface area (Å²) >= 11 is 0. The number of hydrogen-bond acceptors (Lipinski definition) is 5. The van der Waals surface area contributed by atoms with E-state index in [1.807, 2.05) is 0 Å². The Morgan fingerprint density at radius 2 is 1.07 bits per heavy atom. The summed E-state index contributed by atoms with van der Waals surface area (Å²) in [5.41, 5.74) is 0. The molecule has 0 saturated carbocycles. The summed E-state index contributed by atoms with van der Waals surface area (Å²) in [7, 11) is 2.67. The molecule has 27 heavy (non-hydrogen) atoms. The largest absolute Gasteiger partial charge is 0.500 e. The Labute approximate surface area is 173 Å². The average molecular weight is 421 g/mol. The van der Waals surface area contributed by atoms with E-state index >= 15 is 0 Å². The minimum atomic E-state index is -2.35. The molecule has 0 bridgehead atoms. The van der Waals surface area contributed by atoms with Crippen molar-refractivity contribution in [1.29, 1.82) is 0 Å². The van der Waals surface area contributed by atoms with Crippen LogP contribution in [0.3, 0.4) is 0 Å². The fourth-order valence-corrected chi connectivity index (χ4v) is 8.56. The lowest BCUT2D eigenvalue weighted by Gasteiger charge is -2.38. The highest BCUT2D eigenvalue weighted by Crippen LogP contribution is 2.18. The van der Waals surface area contributed by atoms with Crippen molar-refractivity contribution in [3.05, 3.63) is 0 Å². The second-order valence-corrected chi connectivity index (χ2v) is 12.3. The van der Waals surface area contributed by atoms with Gasteiger partial charge in [0.05, 0.1) is 9.52 Å². The summed E-state index contributed by atoms with van der Waals surface area (Å²) in [5, 5.41) is 0. The van der Waals surface area contributed by atoms with E-state index in [0.29, 0.717) is 0 Å². The lowest BCUT2D eigenvalue weighted by atomic mass is 10.1. The quantitative estimate of drug-likeness (QED) is 0.181. The monoisotopic (exact) mass is 420 g/mol. The first kappa shape index (κ1) is 27.2. The van der Waals surface area contributed by atoms with Crippen LogP contribution in [0.1, 0.15) is 66.2 Å². The maximum atomic E-state index is 5.48. The fourth-order valence-electron chi connectivity index (χ4n) is 3.99. The zero-order valence-electron chi connectivity index (χ0n) is 19.4. The highest BCUT2D eigenvalue weighted by molar-refractivity contribution is 6.60. The van der Waals surface area contributed by atoms with Crippen LogP contribution in [-0.4, -0.2) is 81.4 Å². The van der Waals surface area contributed by atoms with Gasteiger partial charge in [-0.15, -0.1) is 0 Å². The van der Waals surface area contributed by atoms with Crippen LogP contribution in [0, 0.1) is 0 Å². The summed E-state index contributed by atoms with van der Waals surface area (Å²) in [5.74, 6) is 0.755. The zero-order chi connectivity index (χ0) is 20.5. The van der Waals surface area contributed by atoms with Crippen LogP contribution < -0.4 is 0 Å². The van der Waals surface area contributed by atoms with E-state index in [1.54, 1.807) is 21.3 Å². The second kappa shape index (κ2) is 17.1. The molecule has 0 saturated heterocycles. The molecule has 0 spiro atoms. The van der Waals surface area contributed by atoms with E-state index in [2.05, 4.69) is 37.5 Å². The second-order valence-electron chi connectivity index (χ2n) is 7.23. The molecule has 0 aliphatic rings. The lowest BCUT2D eigenvalue weighted by molar-refractivity contribution is 0.114. The highest BCUT2D eigenvalue weighted by Gasteiger charge is 2.36. The first-order valence-corrected chi connectivity index (χ1v) is 15.0. The van der Waals surface area contributed by atoms with Gasteiger partial charge in [0.2, 0.25) is 0 Å². The molecule has 164 valence electrons. The molecule has 0 aromatic rings. The summed E-state index contributed by atoms with van der Waals surface area (Å²) in [4.78, 5) is 5.35. The van der Waals surface area contributed by atoms with Crippen molar-refractivity contribution in [1.82, 2.24) is 9.80 Å². The molecule has 0 aliphatic heterocycles. The standard InChI is InChI=1S/C20H48N2O3Si2/c1-8-21(9-2)20(22(10-3)11-4)26-18-16-14-12-13-15-17-19-27(23-5,24-6)25-7/h20H,8-19,26H2,1-7H3. The predicted octanol–water partition coefficient (Wildman–Crippen LogP) is 3.76. The van der Waals surface area contributed by atoms with Crippen molar-refractivity contribution in [3.63, 3.8) is 0 Å². The van der Waals surface area contributed by atoms with Crippen molar-refractivity contribution in [3.8, 4) is 0 Å². The Morgan fingerprint density at radius 3 is 1.48 bits per heavy atom. The molecule has 5 nitrogen and oxygen atoms in total. The first-order chi connectivity index (χ1) is 13.1. The van der Waals surface area contributed by atoms with E-state index in [4.69, 9.17) is 13.3 Å². The minimum absolute atomic E-state index is 0.0778. The van der Waals surface area contributed by atoms with Crippen LogP contribution in [0.2, 0.25) is 12.1 Å². The molecule has 0 fully saturated rings. The van der Waals surface area contributed by atoms with Crippen molar-refractivity contribution < 1.29 is 13.3 Å². The molecule has 0 rings (SSSR count). The minimum Gasteiger partial charge on any atom is -0.377 e. The van der Waals surface area contributed by atoms with Crippen LogP contribution >= 0.6 is 0 Å². The molecular weight excluding hydrogens is 372 g/mol. The normalized spacial score (nSPS) is 13.1. The Balaban J connectivity index is 3.96. The van der Waals surface area contributed by atoms with Gasteiger partial charge in [0.25, 0.3) is 0 Å². The van der Waals surface area contributed by atoms with Gasteiger partial charge in [-0.25, -0.2) is 0 Å². The van der Waals surface area contributed by atoms with Crippen LogP contribution in [0.4, 0.5) is 0 Å². The van der Waals surface area contributed by atoms with Crippen molar-refractivity contribution >= 4 is 18.3 Å². The summed E-state index contributed by atoms with van der Waals surface area (Å²) in [6.07, 6.45) is 7.87. The van der Waals surface area contributed by atoms with Crippen molar-refractivity contribution in [2.45, 2.75) is 84.1 Å². The van der Waals surface area contributed by atoms with Gasteiger partial charge in [-0.1, -0.05) is 65.8 Å². The van der Waals surface area contributed by atoms with Crippen molar-refractivity contribution in [2.75, 3.05) is 47.5 Å². The first-order valence-electron chi connectivity index (χ1n) is 11.2. The Morgan fingerprint density at radius 1 is 0.667 bits per heavy atom. The Hall–Kier alpha value is 0.234. The lowest BCUT2D eigenvalue weighted by Crippen LogP contribution is -2.51. The Bertz CT molecular complexity index is 306. The van der Waals surface area contributed by atoms with E-state index < -0.39 is 8.80 Å². The molecule has 0 N–H and O–H groups in total. The maximum Gasteiger partial charge on any atom is 0.500 e. The Kier molecular flexibility index (Phi) is 17.3. The van der Waals surface area contributed by atoms with Gasteiger partial charge in [0.15, 0.2) is 0 Å². The zero-order valence-corrected chi connectivity index (χ0v) is 21.8. The third-order valence-electron chi connectivity index (χ3n) is 5.85. The van der Waals surface area contributed by atoms with Crippen LogP contribution in [0.25, 0.3) is 0 Å².